The van der Waals surface area contributed by atoms with Crippen molar-refractivity contribution in [3.8, 4) is 5.75 Å². The molecule has 118 valence electrons. The number of carbonyl (C=O) groups excluding carboxylic acids is 1. The van der Waals surface area contributed by atoms with Gasteiger partial charge >= 0.3 is 0 Å². The van der Waals surface area contributed by atoms with Gasteiger partial charge in [-0.05, 0) is 48.4 Å². The van der Waals surface area contributed by atoms with E-state index in [-0.39, 0.29) is 12.5 Å². The number of ether oxygens (including phenoxy) is 2. The smallest absolute Gasteiger partial charge is 0.257 e. The molecule has 0 spiro atoms. The second-order valence-corrected chi connectivity index (χ2v) is 5.76. The first-order valence-electron chi connectivity index (χ1n) is 7.35. The van der Waals surface area contributed by atoms with E-state index in [1.807, 2.05) is 43.3 Å². The molecule has 0 unspecified atom stereocenters. The molecule has 5 heteroatoms. The Balaban J connectivity index is 1.79. The summed E-state index contributed by atoms with van der Waals surface area (Å²) in [4.78, 5) is 11.7. The zero-order valence-electron chi connectivity index (χ0n) is 12.6. The van der Waals surface area contributed by atoms with Gasteiger partial charge in [0.2, 0.25) is 0 Å². The molecule has 0 aliphatic carbocycles. The Bertz CT molecular complexity index is 630. The van der Waals surface area contributed by atoms with Crippen LogP contribution in [0, 0.1) is 0 Å². The van der Waals surface area contributed by atoms with Gasteiger partial charge in [0.1, 0.15) is 5.75 Å². The number of amides is 1. The highest BCUT2D eigenvalue weighted by molar-refractivity contribution is 9.10. The van der Waals surface area contributed by atoms with Crippen molar-refractivity contribution in [2.45, 2.75) is 13.3 Å². The maximum Gasteiger partial charge on any atom is 0.257 e. The van der Waals surface area contributed by atoms with Gasteiger partial charge in [0, 0.05) is 24.2 Å². The quantitative estimate of drug-likeness (QED) is 0.728. The van der Waals surface area contributed by atoms with E-state index in [2.05, 4.69) is 21.2 Å². The Morgan fingerprint density at radius 2 is 1.95 bits per heavy atom. The molecule has 0 fully saturated rings. The number of nitrogens with one attached hydrogen (secondary N) is 1. The van der Waals surface area contributed by atoms with E-state index in [1.165, 1.54) is 0 Å². The van der Waals surface area contributed by atoms with Gasteiger partial charge in [-0.25, -0.2) is 0 Å². The maximum absolute atomic E-state index is 11.7. The fourth-order valence-corrected chi connectivity index (χ4v) is 2.41. The maximum atomic E-state index is 11.7. The molecule has 0 aliphatic heterocycles. The van der Waals surface area contributed by atoms with Crippen LogP contribution in [0.5, 0.6) is 5.75 Å². The fraction of sp³-hybridized carbons (Fsp3) is 0.353. The minimum atomic E-state index is -0.118. The first kappa shape index (κ1) is 16.8. The summed E-state index contributed by atoms with van der Waals surface area (Å²) in [6.45, 7) is 3.95. The van der Waals surface area contributed by atoms with Crippen LogP contribution in [-0.4, -0.2) is 32.3 Å². The van der Waals surface area contributed by atoms with Crippen molar-refractivity contribution in [1.29, 1.82) is 0 Å². The molecule has 2 rings (SSSR count). The Morgan fingerprint density at radius 3 is 2.77 bits per heavy atom. The first-order valence-corrected chi connectivity index (χ1v) is 8.15. The van der Waals surface area contributed by atoms with Gasteiger partial charge in [-0.2, -0.15) is 0 Å². The van der Waals surface area contributed by atoms with Crippen molar-refractivity contribution in [2.24, 2.45) is 0 Å². The Kier molecular flexibility index (Phi) is 6.68. The van der Waals surface area contributed by atoms with E-state index in [1.54, 1.807) is 0 Å². The van der Waals surface area contributed by atoms with Crippen LogP contribution in [-0.2, 0) is 9.53 Å². The van der Waals surface area contributed by atoms with Gasteiger partial charge in [0.15, 0.2) is 6.61 Å². The molecule has 0 bridgehead atoms. The van der Waals surface area contributed by atoms with E-state index in [4.69, 9.17) is 9.47 Å². The van der Waals surface area contributed by atoms with Crippen molar-refractivity contribution in [3.63, 3.8) is 0 Å². The average molecular weight is 366 g/mol. The summed E-state index contributed by atoms with van der Waals surface area (Å²) in [7, 11) is 0. The van der Waals surface area contributed by atoms with Gasteiger partial charge in [0.05, 0.1) is 0 Å². The third-order valence-corrected chi connectivity index (χ3v) is 3.63. The molecule has 0 aromatic heterocycles. The normalized spacial score (nSPS) is 10.6. The second-order valence-electron chi connectivity index (χ2n) is 4.84. The van der Waals surface area contributed by atoms with Crippen LogP contribution in [0.1, 0.15) is 13.3 Å². The molecule has 1 amide bonds. The highest BCUT2D eigenvalue weighted by Gasteiger charge is 2.03. The van der Waals surface area contributed by atoms with Crippen molar-refractivity contribution < 1.29 is 14.3 Å². The highest BCUT2D eigenvalue weighted by Crippen LogP contribution is 2.24. The minimum absolute atomic E-state index is 0.0245. The number of halogens is 1. The Hall–Kier alpha value is -1.59. The number of carbonyl (C=O) groups is 1. The minimum Gasteiger partial charge on any atom is -0.484 e. The van der Waals surface area contributed by atoms with E-state index < -0.39 is 0 Å². The van der Waals surface area contributed by atoms with Crippen molar-refractivity contribution >= 4 is 32.6 Å². The molecule has 4 nitrogen and oxygen atoms in total. The lowest BCUT2D eigenvalue weighted by Crippen LogP contribution is -2.30. The van der Waals surface area contributed by atoms with Crippen molar-refractivity contribution in [2.75, 3.05) is 26.4 Å². The summed E-state index contributed by atoms with van der Waals surface area (Å²) in [6, 6.07) is 11.8. The summed E-state index contributed by atoms with van der Waals surface area (Å²) in [5.74, 6) is 0.576. The molecule has 0 heterocycles. The van der Waals surface area contributed by atoms with Crippen molar-refractivity contribution in [1.82, 2.24) is 5.32 Å². The highest BCUT2D eigenvalue weighted by atomic mass is 79.9. The summed E-state index contributed by atoms with van der Waals surface area (Å²) in [6.07, 6.45) is 0.810. The lowest BCUT2D eigenvalue weighted by atomic mass is 10.1. The molecule has 0 saturated heterocycles. The van der Waals surface area contributed by atoms with Crippen LogP contribution in [0.2, 0.25) is 0 Å². The van der Waals surface area contributed by atoms with Gasteiger partial charge in [-0.1, -0.05) is 28.1 Å². The topological polar surface area (TPSA) is 47.6 Å². The summed E-state index contributed by atoms with van der Waals surface area (Å²) < 4.78 is 11.8. The molecule has 22 heavy (non-hydrogen) atoms. The number of hydrogen-bond acceptors (Lipinski definition) is 3. The lowest BCUT2D eigenvalue weighted by molar-refractivity contribution is -0.123. The van der Waals surface area contributed by atoms with Gasteiger partial charge in [0.25, 0.3) is 5.91 Å². The van der Waals surface area contributed by atoms with Crippen LogP contribution >= 0.6 is 15.9 Å². The molecule has 2 aromatic carbocycles. The molecular formula is C17H20BrNO3. The van der Waals surface area contributed by atoms with E-state index >= 15 is 0 Å². The molecular weight excluding hydrogens is 346 g/mol. The predicted octanol–water partition coefficient (Wildman–Crippen LogP) is 3.52. The van der Waals surface area contributed by atoms with Crippen LogP contribution < -0.4 is 10.1 Å². The second kappa shape index (κ2) is 8.76. The van der Waals surface area contributed by atoms with Crippen LogP contribution in [0.25, 0.3) is 10.8 Å². The molecule has 0 saturated carbocycles. The number of benzene rings is 2. The third-order valence-electron chi connectivity index (χ3n) is 3.14. The number of hydrogen-bond donors (Lipinski definition) is 1. The number of fused-ring (bicyclic) bond motifs is 1. The van der Waals surface area contributed by atoms with Crippen LogP contribution in [0.15, 0.2) is 40.9 Å². The Morgan fingerprint density at radius 1 is 1.18 bits per heavy atom. The zero-order valence-corrected chi connectivity index (χ0v) is 14.2. The van der Waals surface area contributed by atoms with E-state index in [0.717, 1.165) is 21.7 Å². The van der Waals surface area contributed by atoms with E-state index in [9.17, 15) is 4.79 Å². The van der Waals surface area contributed by atoms with E-state index in [0.29, 0.717) is 25.5 Å². The molecule has 0 aliphatic rings. The largest absolute Gasteiger partial charge is 0.484 e. The predicted molar refractivity (Wildman–Crippen MR) is 91.3 cm³/mol. The SMILES string of the molecule is CCOCCCNC(=O)COc1ccc2cc(Br)ccc2c1. The van der Waals surface area contributed by atoms with Crippen LogP contribution in [0.4, 0.5) is 0 Å². The van der Waals surface area contributed by atoms with Gasteiger partial charge < -0.3 is 14.8 Å². The third kappa shape index (κ3) is 5.31. The van der Waals surface area contributed by atoms with Crippen LogP contribution in [0.3, 0.4) is 0 Å². The van der Waals surface area contributed by atoms with Gasteiger partial charge in [-0.3, -0.25) is 4.79 Å². The standard InChI is InChI=1S/C17H20BrNO3/c1-2-21-9-3-8-19-17(20)12-22-16-7-5-13-10-15(18)6-4-14(13)11-16/h4-7,10-11H,2-3,8-9,12H2,1H3,(H,19,20). The monoisotopic (exact) mass is 365 g/mol. The fourth-order valence-electron chi connectivity index (χ4n) is 2.03. The average Bonchev–Trinajstić information content (AvgIpc) is 2.52. The van der Waals surface area contributed by atoms with Gasteiger partial charge in [-0.15, -0.1) is 0 Å². The first-order chi connectivity index (χ1) is 10.7. The lowest BCUT2D eigenvalue weighted by Gasteiger charge is -2.08. The van der Waals surface area contributed by atoms with Crippen molar-refractivity contribution in [3.05, 3.63) is 40.9 Å². The zero-order chi connectivity index (χ0) is 15.8. The Labute approximate surface area is 138 Å². The summed E-state index contributed by atoms with van der Waals surface area (Å²) in [5, 5.41) is 5.01. The molecule has 1 N–H and O–H groups in total. The summed E-state index contributed by atoms with van der Waals surface area (Å²) in [5.41, 5.74) is 0. The molecule has 0 atom stereocenters. The summed E-state index contributed by atoms with van der Waals surface area (Å²) >= 11 is 3.45. The molecule has 2 aromatic rings. The molecule has 0 radical (unpaired) electrons. The number of rotatable bonds is 8.